The molecule has 0 amide bonds. The van der Waals surface area contributed by atoms with Gasteiger partial charge in [-0.05, 0) is 79.6 Å². The van der Waals surface area contributed by atoms with Gasteiger partial charge in [0.1, 0.15) is 0 Å². The predicted molar refractivity (Wildman–Crippen MR) is 106 cm³/mol. The van der Waals surface area contributed by atoms with Crippen LogP contribution in [-0.4, -0.2) is 30.8 Å². The summed E-state index contributed by atoms with van der Waals surface area (Å²) in [6.07, 6.45) is 8.08. The lowest BCUT2D eigenvalue weighted by Crippen LogP contribution is -2.41. The minimum atomic E-state index is 0.196. The van der Waals surface area contributed by atoms with Gasteiger partial charge in [-0.3, -0.25) is 0 Å². The second-order valence-electron chi connectivity index (χ2n) is 7.35. The molecule has 0 spiro atoms. The number of halogens is 1. The average Bonchev–Trinajstić information content (AvgIpc) is 2.81. The predicted octanol–water partition coefficient (Wildman–Crippen LogP) is 3.76. The van der Waals surface area contributed by atoms with Crippen LogP contribution in [0.1, 0.15) is 42.7 Å². The van der Waals surface area contributed by atoms with Gasteiger partial charge in [0.2, 0.25) is 0 Å². The number of rotatable bonds is 4. The highest BCUT2D eigenvalue weighted by Gasteiger charge is 2.37. The van der Waals surface area contributed by atoms with Gasteiger partial charge in [0.25, 0.3) is 0 Å². The zero-order valence-electron chi connectivity index (χ0n) is 14.9. The Morgan fingerprint density at radius 3 is 2.88 bits per heavy atom. The first-order valence-corrected chi connectivity index (χ1v) is 9.94. The van der Waals surface area contributed by atoms with Crippen LogP contribution in [0.15, 0.2) is 47.5 Å². The standard InChI is InChI=1S/C22H25ClN2O/c23-18-5-6-19-20(14-18)16(4-2-12-26)13-17-3-1-9-25-22(17)21(19)15-7-10-24-11-8-15/h5-6,9,13-15,21-22,24-26H,2,4,7-8,10-12H2. The molecule has 1 fully saturated rings. The van der Waals surface area contributed by atoms with E-state index in [1.165, 1.54) is 29.5 Å². The molecule has 4 rings (SSSR count). The fraction of sp³-hybridized carbons (Fsp3) is 0.455. The lowest BCUT2D eigenvalue weighted by molar-refractivity contribution is 0.289. The Balaban J connectivity index is 1.86. The van der Waals surface area contributed by atoms with Crippen molar-refractivity contribution in [1.29, 1.82) is 0 Å². The van der Waals surface area contributed by atoms with Crippen molar-refractivity contribution in [2.75, 3.05) is 19.7 Å². The number of hydrogen-bond donors (Lipinski definition) is 3. The van der Waals surface area contributed by atoms with E-state index in [1.807, 2.05) is 12.3 Å². The molecule has 136 valence electrons. The van der Waals surface area contributed by atoms with E-state index < -0.39 is 0 Å². The molecule has 0 saturated carbocycles. The summed E-state index contributed by atoms with van der Waals surface area (Å²) in [6, 6.07) is 6.54. The SMILES string of the molecule is OCCCC1=CC2=C=C=CNC2C(C2CCNCC2)c2ccc(Cl)cc21. The second kappa shape index (κ2) is 7.88. The van der Waals surface area contributed by atoms with E-state index in [0.717, 1.165) is 36.5 Å². The summed E-state index contributed by atoms with van der Waals surface area (Å²) in [5.41, 5.74) is 11.5. The van der Waals surface area contributed by atoms with Crippen LogP contribution in [0.3, 0.4) is 0 Å². The lowest BCUT2D eigenvalue weighted by Gasteiger charge is -2.37. The van der Waals surface area contributed by atoms with Crippen molar-refractivity contribution in [3.63, 3.8) is 0 Å². The van der Waals surface area contributed by atoms with Crippen LogP contribution in [0.5, 0.6) is 0 Å². The van der Waals surface area contributed by atoms with E-state index >= 15 is 0 Å². The van der Waals surface area contributed by atoms with E-state index in [2.05, 4.69) is 40.3 Å². The topological polar surface area (TPSA) is 44.3 Å². The fourth-order valence-corrected chi connectivity index (χ4v) is 4.76. The zero-order valence-corrected chi connectivity index (χ0v) is 15.6. The third-order valence-electron chi connectivity index (χ3n) is 5.79. The van der Waals surface area contributed by atoms with Gasteiger partial charge >= 0.3 is 0 Å². The molecule has 2 atom stereocenters. The van der Waals surface area contributed by atoms with Crippen LogP contribution >= 0.6 is 11.6 Å². The van der Waals surface area contributed by atoms with Crippen LogP contribution in [0.4, 0.5) is 0 Å². The van der Waals surface area contributed by atoms with Gasteiger partial charge in [0.05, 0.1) is 6.04 Å². The molecule has 1 aromatic carbocycles. The van der Waals surface area contributed by atoms with Crippen molar-refractivity contribution in [1.82, 2.24) is 10.6 Å². The molecular weight excluding hydrogens is 344 g/mol. The Bertz CT molecular complexity index is 809. The van der Waals surface area contributed by atoms with Gasteiger partial charge in [-0.25, -0.2) is 0 Å². The fourth-order valence-electron chi connectivity index (χ4n) is 4.59. The van der Waals surface area contributed by atoms with E-state index in [4.69, 9.17) is 11.6 Å². The van der Waals surface area contributed by atoms with Crippen molar-refractivity contribution in [2.24, 2.45) is 5.92 Å². The summed E-state index contributed by atoms with van der Waals surface area (Å²) < 4.78 is 0. The van der Waals surface area contributed by atoms with Crippen LogP contribution in [0.25, 0.3) is 5.57 Å². The highest BCUT2D eigenvalue weighted by molar-refractivity contribution is 6.30. The Morgan fingerprint density at radius 1 is 1.23 bits per heavy atom. The molecule has 0 bridgehead atoms. The molecule has 26 heavy (non-hydrogen) atoms. The number of allylic oxidation sites excluding steroid dienone is 1. The first-order chi connectivity index (χ1) is 12.8. The van der Waals surface area contributed by atoms with Crippen LogP contribution < -0.4 is 10.6 Å². The molecule has 1 saturated heterocycles. The molecular formula is C22H25ClN2O. The van der Waals surface area contributed by atoms with Gasteiger partial charge in [-0.1, -0.05) is 29.1 Å². The monoisotopic (exact) mass is 368 g/mol. The Labute approximate surface area is 160 Å². The van der Waals surface area contributed by atoms with Gasteiger partial charge < -0.3 is 15.7 Å². The number of hydrogen-bond acceptors (Lipinski definition) is 3. The van der Waals surface area contributed by atoms with E-state index in [-0.39, 0.29) is 12.6 Å². The molecule has 1 aromatic rings. The van der Waals surface area contributed by atoms with Crippen molar-refractivity contribution in [2.45, 2.75) is 37.6 Å². The molecule has 3 N–H and O–H groups in total. The minimum Gasteiger partial charge on any atom is -0.396 e. The summed E-state index contributed by atoms with van der Waals surface area (Å²) in [6.45, 7) is 2.35. The molecule has 4 heteroatoms. The molecule has 0 radical (unpaired) electrons. The first-order valence-electron chi connectivity index (χ1n) is 9.56. The highest BCUT2D eigenvalue weighted by Crippen LogP contribution is 2.44. The largest absolute Gasteiger partial charge is 0.396 e. The summed E-state index contributed by atoms with van der Waals surface area (Å²) in [5.74, 6) is 0.996. The number of piperidine rings is 1. The maximum absolute atomic E-state index is 9.35. The molecule has 3 aliphatic rings. The minimum absolute atomic E-state index is 0.196. The van der Waals surface area contributed by atoms with Crippen molar-refractivity contribution >= 4 is 17.2 Å². The van der Waals surface area contributed by atoms with Crippen molar-refractivity contribution < 1.29 is 5.11 Å². The van der Waals surface area contributed by atoms with Gasteiger partial charge in [-0.2, -0.15) is 0 Å². The summed E-state index contributed by atoms with van der Waals surface area (Å²) in [7, 11) is 0. The Hall–Kier alpha value is -1.73. The number of aliphatic hydroxyl groups is 1. The first kappa shape index (κ1) is 17.7. The number of benzene rings is 1. The van der Waals surface area contributed by atoms with Crippen molar-refractivity contribution in [3.05, 3.63) is 63.7 Å². The molecule has 1 aliphatic carbocycles. The number of aliphatic hydroxyl groups excluding tert-OH is 1. The van der Waals surface area contributed by atoms with Crippen molar-refractivity contribution in [3.8, 4) is 0 Å². The molecule has 0 aromatic heterocycles. The highest BCUT2D eigenvalue weighted by atomic mass is 35.5. The third-order valence-corrected chi connectivity index (χ3v) is 6.03. The molecule has 2 unspecified atom stereocenters. The Kier molecular flexibility index (Phi) is 5.36. The number of fused-ring (bicyclic) bond motifs is 2. The summed E-state index contributed by atoms with van der Waals surface area (Å²) in [5, 5.41) is 17.2. The van der Waals surface area contributed by atoms with E-state index in [1.54, 1.807) is 0 Å². The van der Waals surface area contributed by atoms with Gasteiger partial charge in [0.15, 0.2) is 0 Å². The van der Waals surface area contributed by atoms with E-state index in [0.29, 0.717) is 11.8 Å². The Morgan fingerprint density at radius 2 is 2.08 bits per heavy atom. The molecule has 2 aliphatic heterocycles. The maximum Gasteiger partial charge on any atom is 0.0664 e. The quantitative estimate of drug-likeness (QED) is 0.709. The number of nitrogens with one attached hydrogen (secondary N) is 2. The average molecular weight is 369 g/mol. The van der Waals surface area contributed by atoms with Crippen LogP contribution in [0, 0.1) is 5.92 Å². The lowest BCUT2D eigenvalue weighted by atomic mass is 9.73. The smallest absolute Gasteiger partial charge is 0.0664 e. The normalized spacial score (nSPS) is 24.8. The van der Waals surface area contributed by atoms with Crippen LogP contribution in [0.2, 0.25) is 5.02 Å². The van der Waals surface area contributed by atoms with Gasteiger partial charge in [0, 0.05) is 29.3 Å². The third kappa shape index (κ3) is 3.42. The summed E-state index contributed by atoms with van der Waals surface area (Å²) in [4.78, 5) is 0. The second-order valence-corrected chi connectivity index (χ2v) is 7.79. The van der Waals surface area contributed by atoms with E-state index in [9.17, 15) is 5.11 Å². The molecule has 2 heterocycles. The van der Waals surface area contributed by atoms with Crippen LogP contribution in [-0.2, 0) is 0 Å². The molecule has 3 nitrogen and oxygen atoms in total. The summed E-state index contributed by atoms with van der Waals surface area (Å²) >= 11 is 6.37. The zero-order chi connectivity index (χ0) is 17.9. The maximum atomic E-state index is 9.35. The van der Waals surface area contributed by atoms with Gasteiger partial charge in [-0.15, -0.1) is 0 Å².